The van der Waals surface area contributed by atoms with E-state index in [1.165, 1.54) is 17.8 Å². The van der Waals surface area contributed by atoms with E-state index in [0.29, 0.717) is 0 Å². The molecule has 0 spiro atoms. The first kappa shape index (κ1) is 14.8. The quantitative estimate of drug-likeness (QED) is 0.774. The van der Waals surface area contributed by atoms with Gasteiger partial charge in [-0.2, -0.15) is 4.99 Å². The van der Waals surface area contributed by atoms with Crippen molar-refractivity contribution >= 4 is 39.1 Å². The number of amides is 1. The van der Waals surface area contributed by atoms with Gasteiger partial charge in [0, 0.05) is 18.0 Å². The summed E-state index contributed by atoms with van der Waals surface area (Å²) in [6.45, 7) is 2.04. The number of fused-ring (bicyclic) bond motifs is 1. The normalized spacial score (nSPS) is 17.6. The molecule has 1 aromatic heterocycles. The number of carbonyl (C=O) groups excluding carboxylic acids is 1. The SMILES string of the molecule is Cc1cc(Cl)cc2sc(=NC(=O)C3CCCCC3)n(C)c12. The zero-order valence-corrected chi connectivity index (χ0v) is 13.9. The molecule has 0 radical (unpaired) electrons. The fourth-order valence-electron chi connectivity index (χ4n) is 3.11. The van der Waals surface area contributed by atoms with E-state index >= 15 is 0 Å². The zero-order valence-electron chi connectivity index (χ0n) is 12.4. The Bertz CT molecular complexity index is 753. The Morgan fingerprint density at radius 1 is 1.33 bits per heavy atom. The number of thiazole rings is 1. The first-order valence-corrected chi connectivity index (χ1v) is 8.60. The summed E-state index contributed by atoms with van der Waals surface area (Å²) in [4.78, 5) is 17.5. The topological polar surface area (TPSA) is 34.4 Å². The van der Waals surface area contributed by atoms with Crippen LogP contribution in [0.15, 0.2) is 17.1 Å². The Morgan fingerprint density at radius 2 is 2.05 bits per heavy atom. The Labute approximate surface area is 133 Å². The largest absolute Gasteiger partial charge is 0.319 e. The third kappa shape index (κ3) is 2.92. The highest BCUT2D eigenvalue weighted by molar-refractivity contribution is 7.16. The van der Waals surface area contributed by atoms with Gasteiger partial charge in [-0.3, -0.25) is 4.79 Å². The molecule has 0 atom stereocenters. The van der Waals surface area contributed by atoms with Crippen molar-refractivity contribution in [3.05, 3.63) is 27.5 Å². The predicted octanol–water partition coefficient (Wildman–Crippen LogP) is 4.21. The summed E-state index contributed by atoms with van der Waals surface area (Å²) < 4.78 is 3.09. The molecule has 2 aromatic rings. The number of rotatable bonds is 1. The van der Waals surface area contributed by atoms with Gasteiger partial charge in [-0.25, -0.2) is 0 Å². The van der Waals surface area contributed by atoms with Crippen LogP contribution < -0.4 is 4.80 Å². The summed E-state index contributed by atoms with van der Waals surface area (Å²) in [6.07, 6.45) is 5.53. The number of carbonyl (C=O) groups is 1. The van der Waals surface area contributed by atoms with Crippen molar-refractivity contribution in [3.63, 3.8) is 0 Å². The molecule has 21 heavy (non-hydrogen) atoms. The van der Waals surface area contributed by atoms with Crippen LogP contribution in [0.4, 0.5) is 0 Å². The van der Waals surface area contributed by atoms with Crippen molar-refractivity contribution in [3.8, 4) is 0 Å². The maximum atomic E-state index is 12.3. The van der Waals surface area contributed by atoms with E-state index in [4.69, 9.17) is 11.6 Å². The maximum absolute atomic E-state index is 12.3. The molecule has 3 rings (SSSR count). The van der Waals surface area contributed by atoms with Crippen LogP contribution in [0, 0.1) is 12.8 Å². The highest BCUT2D eigenvalue weighted by atomic mass is 35.5. The van der Waals surface area contributed by atoms with Crippen LogP contribution in [-0.2, 0) is 11.8 Å². The Hall–Kier alpha value is -1.13. The van der Waals surface area contributed by atoms with Gasteiger partial charge in [0.05, 0.1) is 10.2 Å². The van der Waals surface area contributed by atoms with Crippen molar-refractivity contribution in [2.75, 3.05) is 0 Å². The average molecular weight is 323 g/mol. The third-order valence-corrected chi connectivity index (χ3v) is 5.51. The molecule has 1 aromatic carbocycles. The summed E-state index contributed by atoms with van der Waals surface area (Å²) in [7, 11) is 1.97. The lowest BCUT2D eigenvalue weighted by atomic mass is 9.89. The highest BCUT2D eigenvalue weighted by Crippen LogP contribution is 2.26. The van der Waals surface area contributed by atoms with E-state index < -0.39 is 0 Å². The van der Waals surface area contributed by atoms with Crippen LogP contribution in [0.5, 0.6) is 0 Å². The van der Waals surface area contributed by atoms with Crippen molar-refractivity contribution < 1.29 is 4.79 Å². The van der Waals surface area contributed by atoms with Crippen LogP contribution in [0.3, 0.4) is 0 Å². The van der Waals surface area contributed by atoms with E-state index in [0.717, 1.165) is 51.3 Å². The van der Waals surface area contributed by atoms with Gasteiger partial charge in [0.25, 0.3) is 5.91 Å². The minimum Gasteiger partial charge on any atom is -0.319 e. The van der Waals surface area contributed by atoms with Crippen LogP contribution in [0.2, 0.25) is 5.02 Å². The van der Waals surface area contributed by atoms with Crippen molar-refractivity contribution in [1.82, 2.24) is 4.57 Å². The molecule has 0 bridgehead atoms. The van der Waals surface area contributed by atoms with Gasteiger partial charge >= 0.3 is 0 Å². The molecule has 0 N–H and O–H groups in total. The molecule has 5 heteroatoms. The molecule has 1 heterocycles. The lowest BCUT2D eigenvalue weighted by Crippen LogP contribution is -2.20. The van der Waals surface area contributed by atoms with E-state index in [-0.39, 0.29) is 11.8 Å². The summed E-state index contributed by atoms with van der Waals surface area (Å²) in [6, 6.07) is 3.89. The molecule has 1 aliphatic carbocycles. The summed E-state index contributed by atoms with van der Waals surface area (Å²) >= 11 is 7.65. The zero-order chi connectivity index (χ0) is 15.0. The Morgan fingerprint density at radius 3 is 2.76 bits per heavy atom. The first-order valence-electron chi connectivity index (χ1n) is 7.40. The predicted molar refractivity (Wildman–Crippen MR) is 87.7 cm³/mol. The highest BCUT2D eigenvalue weighted by Gasteiger charge is 2.21. The van der Waals surface area contributed by atoms with E-state index in [1.54, 1.807) is 0 Å². The van der Waals surface area contributed by atoms with Crippen LogP contribution >= 0.6 is 22.9 Å². The minimum absolute atomic E-state index is 0.0422. The van der Waals surface area contributed by atoms with E-state index in [2.05, 4.69) is 4.99 Å². The third-order valence-electron chi connectivity index (χ3n) is 4.21. The molecule has 0 aliphatic heterocycles. The monoisotopic (exact) mass is 322 g/mol. The molecule has 0 saturated heterocycles. The lowest BCUT2D eigenvalue weighted by molar-refractivity contribution is -0.122. The van der Waals surface area contributed by atoms with Crippen LogP contribution in [0.25, 0.3) is 10.2 Å². The molecule has 1 saturated carbocycles. The Kier molecular flexibility index (Phi) is 4.18. The average Bonchev–Trinajstić information content (AvgIpc) is 2.76. The van der Waals surface area contributed by atoms with Gasteiger partial charge in [0.1, 0.15) is 0 Å². The van der Waals surface area contributed by atoms with Crippen molar-refractivity contribution in [1.29, 1.82) is 0 Å². The molecule has 112 valence electrons. The van der Waals surface area contributed by atoms with E-state index in [1.807, 2.05) is 30.7 Å². The van der Waals surface area contributed by atoms with Gasteiger partial charge < -0.3 is 4.57 Å². The second-order valence-electron chi connectivity index (χ2n) is 5.80. The lowest BCUT2D eigenvalue weighted by Gasteiger charge is -2.17. The number of aromatic nitrogens is 1. The van der Waals surface area contributed by atoms with Gasteiger partial charge in [-0.15, -0.1) is 0 Å². The van der Waals surface area contributed by atoms with Crippen molar-refractivity contribution in [2.24, 2.45) is 18.0 Å². The second-order valence-corrected chi connectivity index (χ2v) is 7.24. The Balaban J connectivity index is 2.03. The second kappa shape index (κ2) is 5.93. The van der Waals surface area contributed by atoms with Gasteiger partial charge in [-0.1, -0.05) is 42.2 Å². The molecular weight excluding hydrogens is 304 g/mol. The van der Waals surface area contributed by atoms with Crippen molar-refractivity contribution in [2.45, 2.75) is 39.0 Å². The number of halogens is 1. The van der Waals surface area contributed by atoms with Crippen LogP contribution in [0.1, 0.15) is 37.7 Å². The molecule has 3 nitrogen and oxygen atoms in total. The number of hydrogen-bond acceptors (Lipinski definition) is 2. The molecule has 0 unspecified atom stereocenters. The maximum Gasteiger partial charge on any atom is 0.251 e. The van der Waals surface area contributed by atoms with Gasteiger partial charge in [0.2, 0.25) is 0 Å². The molecule has 1 fully saturated rings. The number of nitrogens with zero attached hydrogens (tertiary/aromatic N) is 2. The first-order chi connectivity index (χ1) is 10.1. The molecule has 1 aliphatic rings. The number of benzene rings is 1. The number of hydrogen-bond donors (Lipinski definition) is 0. The fraction of sp³-hybridized carbons (Fsp3) is 0.500. The smallest absolute Gasteiger partial charge is 0.251 e. The van der Waals surface area contributed by atoms with Gasteiger partial charge in [-0.05, 0) is 37.5 Å². The van der Waals surface area contributed by atoms with Gasteiger partial charge in [0.15, 0.2) is 4.80 Å². The number of aryl methyl sites for hydroxylation is 2. The molecule has 1 amide bonds. The summed E-state index contributed by atoms with van der Waals surface area (Å²) in [5, 5.41) is 0.729. The van der Waals surface area contributed by atoms with Crippen LogP contribution in [-0.4, -0.2) is 10.5 Å². The standard InChI is InChI=1S/C16H19ClN2OS/c1-10-8-12(17)9-13-14(10)19(2)16(21-13)18-15(20)11-6-4-3-5-7-11/h8-9,11H,3-7H2,1-2H3. The summed E-state index contributed by atoms with van der Waals surface area (Å²) in [5.74, 6) is 0.161. The van der Waals surface area contributed by atoms with E-state index in [9.17, 15) is 4.79 Å². The minimum atomic E-state index is 0.0422. The summed E-state index contributed by atoms with van der Waals surface area (Å²) in [5.41, 5.74) is 2.22. The molecular formula is C16H19ClN2OS. The fourth-order valence-corrected chi connectivity index (χ4v) is 4.59.